The van der Waals surface area contributed by atoms with Gasteiger partial charge in [0.25, 0.3) is 0 Å². The van der Waals surface area contributed by atoms with Crippen LogP contribution in [0.25, 0.3) is 5.70 Å². The molecular formula is C58H44N8O4. The van der Waals surface area contributed by atoms with E-state index in [4.69, 9.17) is 19.5 Å². The summed E-state index contributed by atoms with van der Waals surface area (Å²) in [5.41, 5.74) is 7.75. The first-order chi connectivity index (χ1) is 34.3. The maximum Gasteiger partial charge on any atom is 0.347 e. The predicted octanol–water partition coefficient (Wildman–Crippen LogP) is 15.2. The summed E-state index contributed by atoms with van der Waals surface area (Å²) < 4.78 is 12.3. The number of aliphatic imine (C=N–C) groups is 2. The van der Waals surface area contributed by atoms with Crippen molar-refractivity contribution >= 4 is 74.6 Å². The summed E-state index contributed by atoms with van der Waals surface area (Å²) in [7, 11) is 0. The number of allylic oxidation sites excluding steroid dienone is 1. The second-order valence-corrected chi connectivity index (χ2v) is 15.8. The largest absolute Gasteiger partial charge is 0.423 e. The van der Waals surface area contributed by atoms with Crippen LogP contribution in [0.3, 0.4) is 0 Å². The van der Waals surface area contributed by atoms with E-state index in [1.807, 2.05) is 170 Å². The number of esters is 2. The lowest BCUT2D eigenvalue weighted by Gasteiger charge is -2.21. The number of fused-ring (bicyclic) bond motifs is 2. The zero-order chi connectivity index (χ0) is 48.1. The van der Waals surface area contributed by atoms with E-state index in [0.717, 1.165) is 0 Å². The van der Waals surface area contributed by atoms with Crippen LogP contribution >= 0.6 is 0 Å². The van der Waals surface area contributed by atoms with Crippen molar-refractivity contribution in [3.05, 3.63) is 246 Å². The molecule has 0 saturated heterocycles. The number of hydrogen-bond donors (Lipinski definition) is 2. The number of para-hydroxylation sites is 4. The van der Waals surface area contributed by atoms with Gasteiger partial charge in [0.05, 0.1) is 62.6 Å². The number of anilines is 2. The molecule has 12 nitrogen and oxygen atoms in total. The topological polar surface area (TPSA) is 151 Å². The highest BCUT2D eigenvalue weighted by Gasteiger charge is 2.27. The lowest BCUT2D eigenvalue weighted by atomic mass is 9.99. The summed E-state index contributed by atoms with van der Waals surface area (Å²) >= 11 is 0. The molecule has 0 saturated carbocycles. The number of carbonyl (C=O) groups is 2. The molecule has 0 spiro atoms. The minimum absolute atomic E-state index is 0.164. The first-order valence-corrected chi connectivity index (χ1v) is 22.4. The Hall–Kier alpha value is -9.68. The van der Waals surface area contributed by atoms with Gasteiger partial charge in [0.2, 0.25) is 0 Å². The molecule has 8 aromatic rings. The first kappa shape index (κ1) is 45.5. The molecule has 340 valence electrons. The Labute approximate surface area is 404 Å². The third kappa shape index (κ3) is 11.3. The Morgan fingerprint density at radius 2 is 0.786 bits per heavy atom. The average Bonchev–Trinajstić information content (AvgIpc) is 3.39. The molecule has 0 amide bonds. The van der Waals surface area contributed by atoms with Crippen molar-refractivity contribution in [3.63, 3.8) is 0 Å². The van der Waals surface area contributed by atoms with E-state index in [2.05, 4.69) is 31.1 Å². The van der Waals surface area contributed by atoms with Crippen molar-refractivity contribution in [2.24, 2.45) is 30.4 Å². The Kier molecular flexibility index (Phi) is 14.1. The summed E-state index contributed by atoms with van der Waals surface area (Å²) in [5.74, 6) is -0.744. The number of hydrogen-bond acceptors (Lipinski definition) is 12. The monoisotopic (exact) mass is 916 g/mol. The van der Waals surface area contributed by atoms with Crippen LogP contribution < -0.4 is 20.1 Å². The van der Waals surface area contributed by atoms with E-state index < -0.39 is 11.9 Å². The fraction of sp³-hybridized carbons (Fsp3) is 0.0345. The van der Waals surface area contributed by atoms with Gasteiger partial charge in [-0.1, -0.05) is 121 Å². The van der Waals surface area contributed by atoms with Crippen LogP contribution in [0.4, 0.5) is 45.5 Å². The van der Waals surface area contributed by atoms with Crippen molar-refractivity contribution in [2.45, 2.75) is 13.8 Å². The molecule has 0 radical (unpaired) electrons. The molecule has 0 aromatic heterocycles. The van der Waals surface area contributed by atoms with Gasteiger partial charge in [-0.15, -0.1) is 0 Å². The third-order valence-electron chi connectivity index (χ3n) is 10.8. The molecular weight excluding hydrogens is 873 g/mol. The number of azo groups is 2. The second kappa shape index (κ2) is 21.7. The van der Waals surface area contributed by atoms with Crippen LogP contribution in [-0.2, 0) is 9.59 Å². The first-order valence-electron chi connectivity index (χ1n) is 22.4. The van der Waals surface area contributed by atoms with Crippen molar-refractivity contribution in [1.82, 2.24) is 0 Å². The molecule has 1 aliphatic heterocycles. The van der Waals surface area contributed by atoms with E-state index >= 15 is 0 Å². The molecule has 0 bridgehead atoms. The smallest absolute Gasteiger partial charge is 0.347 e. The molecule has 70 heavy (non-hydrogen) atoms. The number of benzene rings is 8. The molecule has 0 unspecified atom stereocenters. The standard InChI is InChI=1S/C58H44N8O4/c1-39-53(57(67)69-47-35-31-45(32-36-47)65-63-43-23-11-5-12-24-43)55(41-19-7-3-8-20-41)61-51-29-17-18-30-52(51)62-56(42-21-9-4-10-22-42)54(40(2)60-50-28-16-15-27-49(50)59-39)58(68)70-48-37-33-46(34-38-48)66-64-44-25-13-6-14-26-44/h3-38,59,62H,1-2H3/b53-39+,56-54+,60-40?,61-55?,65-63?,66-64?. The van der Waals surface area contributed by atoms with Gasteiger partial charge < -0.3 is 20.1 Å². The van der Waals surface area contributed by atoms with Crippen molar-refractivity contribution in [1.29, 1.82) is 0 Å². The molecule has 0 atom stereocenters. The fourth-order valence-electron chi connectivity index (χ4n) is 7.41. The summed E-state index contributed by atoms with van der Waals surface area (Å²) in [6.07, 6.45) is 0. The Morgan fingerprint density at radius 3 is 1.29 bits per heavy atom. The van der Waals surface area contributed by atoms with Gasteiger partial charge in [0.15, 0.2) is 0 Å². The molecule has 0 aliphatic carbocycles. The van der Waals surface area contributed by atoms with Crippen LogP contribution in [0, 0.1) is 0 Å². The summed E-state index contributed by atoms with van der Waals surface area (Å²) in [6.45, 7) is 3.55. The Balaban J connectivity index is 1.15. The van der Waals surface area contributed by atoms with E-state index in [0.29, 0.717) is 90.9 Å². The highest BCUT2D eigenvalue weighted by atomic mass is 16.5. The Morgan fingerprint density at radius 1 is 0.400 bits per heavy atom. The van der Waals surface area contributed by atoms with Crippen molar-refractivity contribution < 1.29 is 19.1 Å². The normalized spacial score (nSPS) is 15.1. The quantitative estimate of drug-likeness (QED) is 0.0792. The third-order valence-corrected chi connectivity index (χ3v) is 10.8. The maximum absolute atomic E-state index is 14.8. The summed E-state index contributed by atoms with van der Waals surface area (Å²) in [6, 6.07) is 66.1. The van der Waals surface area contributed by atoms with E-state index in [1.165, 1.54) is 0 Å². The van der Waals surface area contributed by atoms with Crippen molar-refractivity contribution in [3.8, 4) is 11.5 Å². The molecule has 8 aromatic carbocycles. The summed E-state index contributed by atoms with van der Waals surface area (Å²) in [4.78, 5) is 40.1. The number of nitrogens with one attached hydrogen (secondary N) is 2. The molecule has 1 aliphatic rings. The highest BCUT2D eigenvalue weighted by Crippen LogP contribution is 2.36. The number of rotatable bonds is 10. The molecule has 12 heteroatoms. The summed E-state index contributed by atoms with van der Waals surface area (Å²) in [5, 5.41) is 24.3. The zero-order valence-corrected chi connectivity index (χ0v) is 38.1. The van der Waals surface area contributed by atoms with Crippen LogP contribution in [0.15, 0.2) is 266 Å². The number of ether oxygens (including phenoxy) is 2. The molecule has 1 heterocycles. The average molecular weight is 917 g/mol. The second-order valence-electron chi connectivity index (χ2n) is 15.8. The van der Waals surface area contributed by atoms with Crippen LogP contribution in [0.5, 0.6) is 11.5 Å². The molecule has 2 N–H and O–H groups in total. The van der Waals surface area contributed by atoms with Crippen LogP contribution in [0.2, 0.25) is 0 Å². The minimum atomic E-state index is -0.664. The van der Waals surface area contributed by atoms with Gasteiger partial charge in [-0.05, 0) is 116 Å². The maximum atomic E-state index is 14.8. The number of nitrogens with zero attached hydrogens (tertiary/aromatic N) is 6. The van der Waals surface area contributed by atoms with Gasteiger partial charge in [-0.25, -0.2) is 14.6 Å². The van der Waals surface area contributed by atoms with Crippen LogP contribution in [0.1, 0.15) is 25.0 Å². The van der Waals surface area contributed by atoms with Gasteiger partial charge in [-0.2, -0.15) is 20.5 Å². The molecule has 0 fully saturated rings. The van der Waals surface area contributed by atoms with Gasteiger partial charge in [0.1, 0.15) is 22.6 Å². The lowest BCUT2D eigenvalue weighted by molar-refractivity contribution is -0.130. The van der Waals surface area contributed by atoms with Gasteiger partial charge in [-0.3, -0.25) is 4.99 Å². The fourth-order valence-corrected chi connectivity index (χ4v) is 7.41. The number of carbonyl (C=O) groups excluding carboxylic acids is 2. The van der Waals surface area contributed by atoms with Gasteiger partial charge in [0, 0.05) is 11.3 Å². The highest BCUT2D eigenvalue weighted by molar-refractivity contribution is 6.29. The van der Waals surface area contributed by atoms with Crippen LogP contribution in [-0.4, -0.2) is 23.4 Å². The molecule has 9 rings (SSSR count). The van der Waals surface area contributed by atoms with Crippen molar-refractivity contribution in [2.75, 3.05) is 10.6 Å². The van der Waals surface area contributed by atoms with Gasteiger partial charge >= 0.3 is 11.9 Å². The SMILES string of the molecule is CC1=Nc2ccccc2N/C(C)=C(/C(=O)Oc2ccc(N=Nc3ccccc3)cc2)C(c2ccccc2)=Nc2ccccc2N/C(c2ccccc2)=C\1C(=O)Oc1ccc(N=Nc2ccccc2)cc1. The van der Waals surface area contributed by atoms with E-state index in [-0.39, 0.29) is 11.1 Å². The minimum Gasteiger partial charge on any atom is -0.423 e. The van der Waals surface area contributed by atoms with E-state index in [9.17, 15) is 9.59 Å². The van der Waals surface area contributed by atoms with E-state index in [1.54, 1.807) is 62.4 Å². The Bertz CT molecular complexity index is 3330. The zero-order valence-electron chi connectivity index (χ0n) is 38.1. The predicted molar refractivity (Wildman–Crippen MR) is 277 cm³/mol. The lowest BCUT2D eigenvalue weighted by Crippen LogP contribution is -2.23.